The summed E-state index contributed by atoms with van der Waals surface area (Å²) < 4.78 is 0. The second kappa shape index (κ2) is 5.02. The molecule has 0 saturated heterocycles. The Morgan fingerprint density at radius 1 is 1.18 bits per heavy atom. The van der Waals surface area contributed by atoms with Crippen LogP contribution in [0, 0.1) is 0 Å². The average molecular weight is 229 g/mol. The van der Waals surface area contributed by atoms with E-state index in [0.29, 0.717) is 11.5 Å². The number of carbonyl (C=O) groups is 1. The Balaban J connectivity index is 2.14. The number of aromatic nitrogens is 3. The Bertz CT molecular complexity index is 514. The van der Waals surface area contributed by atoms with Gasteiger partial charge in [-0.05, 0) is 18.2 Å². The lowest BCUT2D eigenvalue weighted by atomic mass is 10.3. The van der Waals surface area contributed by atoms with E-state index in [1.807, 2.05) is 0 Å². The van der Waals surface area contributed by atoms with Crippen LogP contribution in [-0.4, -0.2) is 27.9 Å². The summed E-state index contributed by atoms with van der Waals surface area (Å²) in [6.45, 7) is 0. The first-order chi connectivity index (χ1) is 8.29. The maximum atomic E-state index is 11.8. The first kappa shape index (κ1) is 11.0. The minimum atomic E-state index is -0.340. The van der Waals surface area contributed by atoms with Gasteiger partial charge in [-0.1, -0.05) is 6.07 Å². The van der Waals surface area contributed by atoms with Crippen LogP contribution in [0.25, 0.3) is 0 Å². The van der Waals surface area contributed by atoms with E-state index in [-0.39, 0.29) is 11.9 Å². The summed E-state index contributed by atoms with van der Waals surface area (Å²) in [7, 11) is 1.74. The van der Waals surface area contributed by atoms with Crippen molar-refractivity contribution in [2.24, 2.45) is 0 Å². The lowest BCUT2D eigenvalue weighted by Gasteiger charge is -2.04. The molecule has 1 amide bonds. The third-order valence-corrected chi connectivity index (χ3v) is 2.03. The van der Waals surface area contributed by atoms with Gasteiger partial charge in [0, 0.05) is 19.4 Å². The summed E-state index contributed by atoms with van der Waals surface area (Å²) in [5.41, 5.74) is 0.310. The molecule has 0 unspecified atom stereocenters. The predicted octanol–water partition coefficient (Wildman–Crippen LogP) is 1.17. The van der Waals surface area contributed by atoms with E-state index in [1.165, 1.54) is 0 Å². The van der Waals surface area contributed by atoms with Gasteiger partial charge in [-0.2, -0.15) is 0 Å². The summed E-state index contributed by atoms with van der Waals surface area (Å²) >= 11 is 0. The molecule has 6 nitrogen and oxygen atoms in total. The van der Waals surface area contributed by atoms with E-state index >= 15 is 0 Å². The molecule has 6 heteroatoms. The first-order valence-corrected chi connectivity index (χ1v) is 5.03. The number of pyridine rings is 1. The molecule has 2 rings (SSSR count). The summed E-state index contributed by atoms with van der Waals surface area (Å²) in [6, 6.07) is 6.82. The molecule has 0 aliphatic heterocycles. The summed E-state index contributed by atoms with van der Waals surface area (Å²) in [4.78, 5) is 23.7. The van der Waals surface area contributed by atoms with Gasteiger partial charge in [-0.15, -0.1) is 0 Å². The molecule has 0 aliphatic rings. The van der Waals surface area contributed by atoms with Gasteiger partial charge < -0.3 is 5.32 Å². The number of hydrogen-bond acceptors (Lipinski definition) is 5. The molecule has 2 N–H and O–H groups in total. The van der Waals surface area contributed by atoms with Gasteiger partial charge >= 0.3 is 0 Å². The highest BCUT2D eigenvalue weighted by molar-refractivity contribution is 6.02. The topological polar surface area (TPSA) is 79.8 Å². The van der Waals surface area contributed by atoms with Crippen molar-refractivity contribution in [2.45, 2.75) is 0 Å². The van der Waals surface area contributed by atoms with Crippen LogP contribution in [-0.2, 0) is 0 Å². The second-order valence-corrected chi connectivity index (χ2v) is 3.18. The van der Waals surface area contributed by atoms with Gasteiger partial charge in [0.05, 0.1) is 0 Å². The minimum absolute atomic E-state index is 0.258. The number of carbonyl (C=O) groups excluding carboxylic acids is 1. The molecular formula is C11H11N5O. The quantitative estimate of drug-likeness (QED) is 0.825. The Kier molecular flexibility index (Phi) is 3.25. The van der Waals surface area contributed by atoms with Gasteiger partial charge in [0.2, 0.25) is 5.95 Å². The molecule has 0 fully saturated rings. The van der Waals surface area contributed by atoms with Crippen LogP contribution in [0.1, 0.15) is 10.5 Å². The molecule has 2 aromatic heterocycles. The lowest BCUT2D eigenvalue weighted by molar-refractivity contribution is 0.102. The zero-order valence-electron chi connectivity index (χ0n) is 9.21. The first-order valence-electron chi connectivity index (χ1n) is 5.03. The van der Waals surface area contributed by atoms with Gasteiger partial charge in [0.25, 0.3) is 5.91 Å². The molecule has 0 spiro atoms. The highest BCUT2D eigenvalue weighted by Gasteiger charge is 2.08. The van der Waals surface area contributed by atoms with Crippen molar-refractivity contribution in [3.63, 3.8) is 0 Å². The van der Waals surface area contributed by atoms with Crippen molar-refractivity contribution < 1.29 is 4.79 Å². The van der Waals surface area contributed by atoms with Crippen molar-refractivity contribution in [2.75, 3.05) is 17.7 Å². The normalized spacial score (nSPS) is 9.71. The largest absolute Gasteiger partial charge is 0.373 e. The highest BCUT2D eigenvalue weighted by atomic mass is 16.2. The van der Waals surface area contributed by atoms with E-state index in [2.05, 4.69) is 25.6 Å². The Hall–Kier alpha value is -2.50. The third-order valence-electron chi connectivity index (χ3n) is 2.03. The van der Waals surface area contributed by atoms with Gasteiger partial charge in [-0.3, -0.25) is 10.1 Å². The van der Waals surface area contributed by atoms with Gasteiger partial charge in [0.1, 0.15) is 11.5 Å². The number of anilines is 2. The van der Waals surface area contributed by atoms with Gasteiger partial charge in [-0.25, -0.2) is 15.0 Å². The van der Waals surface area contributed by atoms with Crippen molar-refractivity contribution in [3.8, 4) is 0 Å². The van der Waals surface area contributed by atoms with Crippen molar-refractivity contribution in [1.29, 1.82) is 0 Å². The smallest absolute Gasteiger partial charge is 0.276 e. The fourth-order valence-electron chi connectivity index (χ4n) is 1.23. The van der Waals surface area contributed by atoms with E-state index in [0.717, 1.165) is 0 Å². The van der Waals surface area contributed by atoms with Crippen molar-refractivity contribution in [3.05, 3.63) is 42.4 Å². The van der Waals surface area contributed by atoms with Crippen LogP contribution in [0.2, 0.25) is 0 Å². The number of amides is 1. The molecule has 0 aliphatic carbocycles. The molecule has 0 saturated carbocycles. The second-order valence-electron chi connectivity index (χ2n) is 3.18. The standard InChI is InChI=1S/C11H11N5O/c1-12-9-5-2-4-8(15-9)10(17)16-11-13-6-3-7-14-11/h2-7H,1H3,(H,12,15)(H,13,14,16,17). The van der Waals surface area contributed by atoms with Crippen LogP contribution < -0.4 is 10.6 Å². The average Bonchev–Trinajstić information content (AvgIpc) is 2.40. The summed E-state index contributed by atoms with van der Waals surface area (Å²) in [6.07, 6.45) is 3.11. The van der Waals surface area contributed by atoms with Crippen LogP contribution in [0.15, 0.2) is 36.7 Å². The fraction of sp³-hybridized carbons (Fsp3) is 0.0909. The summed E-state index contributed by atoms with van der Waals surface area (Å²) in [5, 5.41) is 5.42. The molecular weight excluding hydrogens is 218 g/mol. The summed E-state index contributed by atoms with van der Waals surface area (Å²) in [5.74, 6) is 0.550. The molecule has 17 heavy (non-hydrogen) atoms. The highest BCUT2D eigenvalue weighted by Crippen LogP contribution is 2.05. The molecule has 0 bridgehead atoms. The molecule has 0 atom stereocenters. The molecule has 86 valence electrons. The zero-order chi connectivity index (χ0) is 12.1. The number of nitrogens with one attached hydrogen (secondary N) is 2. The van der Waals surface area contributed by atoms with E-state index in [9.17, 15) is 4.79 Å². The number of hydrogen-bond donors (Lipinski definition) is 2. The fourth-order valence-corrected chi connectivity index (χ4v) is 1.23. The Morgan fingerprint density at radius 2 is 1.94 bits per heavy atom. The monoisotopic (exact) mass is 229 g/mol. The van der Waals surface area contributed by atoms with E-state index in [4.69, 9.17) is 0 Å². The molecule has 2 heterocycles. The van der Waals surface area contributed by atoms with Crippen molar-refractivity contribution in [1.82, 2.24) is 15.0 Å². The maximum absolute atomic E-state index is 11.8. The SMILES string of the molecule is CNc1cccc(C(=O)Nc2ncccn2)n1. The predicted molar refractivity (Wildman–Crippen MR) is 63.8 cm³/mol. The van der Waals surface area contributed by atoms with Crippen molar-refractivity contribution >= 4 is 17.7 Å². The van der Waals surface area contributed by atoms with Crippen LogP contribution in [0.5, 0.6) is 0 Å². The van der Waals surface area contributed by atoms with Gasteiger partial charge in [0.15, 0.2) is 0 Å². The van der Waals surface area contributed by atoms with Crippen LogP contribution >= 0.6 is 0 Å². The molecule has 2 aromatic rings. The Morgan fingerprint density at radius 3 is 2.65 bits per heavy atom. The third kappa shape index (κ3) is 2.75. The molecule has 0 radical (unpaired) electrons. The Labute approximate surface area is 98.1 Å². The van der Waals surface area contributed by atoms with E-state index in [1.54, 1.807) is 43.7 Å². The zero-order valence-corrected chi connectivity index (χ0v) is 9.21. The maximum Gasteiger partial charge on any atom is 0.276 e. The van der Waals surface area contributed by atoms with Crippen LogP contribution in [0.3, 0.4) is 0 Å². The lowest BCUT2D eigenvalue weighted by Crippen LogP contribution is -2.15. The van der Waals surface area contributed by atoms with Crippen LogP contribution in [0.4, 0.5) is 11.8 Å². The van der Waals surface area contributed by atoms with E-state index < -0.39 is 0 Å². The number of nitrogens with zero attached hydrogens (tertiary/aromatic N) is 3. The minimum Gasteiger partial charge on any atom is -0.373 e. The number of rotatable bonds is 3. The molecule has 0 aromatic carbocycles.